The molecule has 1 aliphatic carbocycles. The van der Waals surface area contributed by atoms with Crippen molar-refractivity contribution < 1.29 is 32.5 Å². The Balaban J connectivity index is 1.70. The standard InChI is InChI=1S/C19H21N4O5S/c1-12-16(18(24)23(22(12)2)13-8-4-3-5-9-13)20-21-17-19(25)28-14-10-6-7-11-15(14)29(17,26)27/h3-5,8-9,14-15H,6-7,10-11H2,1-2H3/q+1/p+1. The fourth-order valence-electron chi connectivity index (χ4n) is 3.91. The minimum atomic E-state index is -3.93. The molecule has 9 nitrogen and oxygen atoms in total. The van der Waals surface area contributed by atoms with Crippen LogP contribution in [0.25, 0.3) is 0 Å². The average Bonchev–Trinajstić information content (AvgIpc) is 2.91. The number of carbonyl (C=O) groups is 2. The number of sulfone groups is 1. The van der Waals surface area contributed by atoms with E-state index in [9.17, 15) is 18.0 Å². The van der Waals surface area contributed by atoms with Crippen LogP contribution in [0.15, 0.2) is 35.4 Å². The molecule has 2 atom stereocenters. The zero-order valence-corrected chi connectivity index (χ0v) is 17.0. The Hall–Kier alpha value is -2.88. The van der Waals surface area contributed by atoms with Crippen LogP contribution in [0.4, 0.5) is 5.69 Å². The smallest absolute Gasteiger partial charge is 0.386 e. The maximum absolute atomic E-state index is 12.9. The summed E-state index contributed by atoms with van der Waals surface area (Å²) >= 11 is 0. The van der Waals surface area contributed by atoms with Gasteiger partial charge in [0.1, 0.15) is 17.0 Å². The molecule has 3 aliphatic rings. The van der Waals surface area contributed by atoms with Crippen LogP contribution >= 0.6 is 0 Å². The number of carbonyl (C=O) groups excluding carboxylic acids is 2. The molecule has 1 aromatic rings. The highest BCUT2D eigenvalue weighted by Gasteiger charge is 2.51. The van der Waals surface area contributed by atoms with E-state index in [1.54, 1.807) is 30.8 Å². The molecule has 2 fully saturated rings. The third-order valence-electron chi connectivity index (χ3n) is 5.57. The largest absolute Gasteiger partial charge is 0.456 e. The van der Waals surface area contributed by atoms with Crippen molar-refractivity contribution in [3.8, 4) is 0 Å². The van der Waals surface area contributed by atoms with Gasteiger partial charge in [-0.25, -0.2) is 13.2 Å². The van der Waals surface area contributed by atoms with Crippen molar-refractivity contribution in [2.45, 2.75) is 44.0 Å². The predicted molar refractivity (Wildman–Crippen MR) is 105 cm³/mol. The number of amides is 1. The molecule has 4 rings (SSSR count). The van der Waals surface area contributed by atoms with Crippen molar-refractivity contribution in [2.24, 2.45) is 5.10 Å². The first kappa shape index (κ1) is 19.4. The Morgan fingerprint density at radius 2 is 1.86 bits per heavy atom. The van der Waals surface area contributed by atoms with E-state index in [2.05, 4.69) is 10.2 Å². The van der Waals surface area contributed by atoms with E-state index in [0.717, 1.165) is 12.8 Å². The van der Waals surface area contributed by atoms with E-state index in [1.807, 2.05) is 18.2 Å². The second kappa shape index (κ2) is 7.18. The first-order chi connectivity index (χ1) is 13.8. The Labute approximate surface area is 168 Å². The number of ether oxygens (including phenoxy) is 1. The number of hydrogen-bond acceptors (Lipinski definition) is 6. The number of fused-ring (bicyclic) bond motifs is 1. The van der Waals surface area contributed by atoms with Crippen LogP contribution < -0.4 is 10.1 Å². The number of anilines is 1. The highest BCUT2D eigenvalue weighted by Crippen LogP contribution is 2.31. The SMILES string of the molecule is CC1=[N+](C)N(c2ccccc2)C(=O)C1=[NH+]N=C1C(=O)OC2CCCCC2S1(=O)=O. The normalized spacial score (nSPS) is 29.4. The molecule has 1 saturated carbocycles. The van der Waals surface area contributed by atoms with E-state index < -0.39 is 38.1 Å². The molecule has 1 amide bonds. The van der Waals surface area contributed by atoms with Gasteiger partial charge in [0.2, 0.25) is 9.84 Å². The van der Waals surface area contributed by atoms with Crippen LogP contribution in [-0.4, -0.2) is 59.8 Å². The minimum Gasteiger partial charge on any atom is -0.456 e. The average molecular weight is 418 g/mol. The number of benzene rings is 1. The van der Waals surface area contributed by atoms with Crippen LogP contribution in [0.1, 0.15) is 32.6 Å². The molecule has 0 aromatic heterocycles. The van der Waals surface area contributed by atoms with Gasteiger partial charge in [-0.2, -0.15) is 0 Å². The van der Waals surface area contributed by atoms with Crippen LogP contribution in [0, 0.1) is 0 Å². The van der Waals surface area contributed by atoms with E-state index in [-0.39, 0.29) is 5.71 Å². The summed E-state index contributed by atoms with van der Waals surface area (Å²) in [4.78, 5) is 25.2. The van der Waals surface area contributed by atoms with Gasteiger partial charge in [0.05, 0.1) is 0 Å². The fraction of sp³-hybridized carbons (Fsp3) is 0.421. The van der Waals surface area contributed by atoms with Crippen LogP contribution in [0.3, 0.4) is 0 Å². The number of para-hydroxylation sites is 1. The highest BCUT2D eigenvalue weighted by molar-refractivity contribution is 8.09. The number of rotatable bonds is 2. The summed E-state index contributed by atoms with van der Waals surface area (Å²) in [6.45, 7) is 1.70. The number of nitrogens with one attached hydrogen (secondary N) is 1. The lowest BCUT2D eigenvalue weighted by Crippen LogP contribution is -2.72. The third kappa shape index (κ3) is 3.17. The van der Waals surface area contributed by atoms with Crippen molar-refractivity contribution in [1.29, 1.82) is 0 Å². The van der Waals surface area contributed by atoms with E-state index in [4.69, 9.17) is 4.74 Å². The van der Waals surface area contributed by atoms with Gasteiger partial charge in [-0.15, -0.1) is 0 Å². The van der Waals surface area contributed by atoms with Crippen molar-refractivity contribution >= 4 is 43.9 Å². The Morgan fingerprint density at radius 3 is 2.59 bits per heavy atom. The molecule has 1 aromatic carbocycles. The molecule has 0 radical (unpaired) electrons. The molecular formula is C19H22N4O5S+2. The predicted octanol–water partition coefficient (Wildman–Crippen LogP) is -0.831. The van der Waals surface area contributed by atoms with Crippen LogP contribution in [0.2, 0.25) is 0 Å². The molecule has 1 N–H and O–H groups in total. The molecule has 2 heterocycles. The highest BCUT2D eigenvalue weighted by atomic mass is 32.2. The van der Waals surface area contributed by atoms with Crippen LogP contribution in [0.5, 0.6) is 0 Å². The molecule has 0 spiro atoms. The number of nitrogens with zero attached hydrogens (tertiary/aromatic N) is 3. The third-order valence-corrected chi connectivity index (χ3v) is 7.70. The summed E-state index contributed by atoms with van der Waals surface area (Å²) in [6, 6.07) is 9.02. The quantitative estimate of drug-likeness (QED) is 0.383. The van der Waals surface area contributed by atoms with Crippen molar-refractivity contribution in [3.63, 3.8) is 0 Å². The van der Waals surface area contributed by atoms with Gasteiger partial charge in [-0.1, -0.05) is 39.4 Å². The van der Waals surface area contributed by atoms with Gasteiger partial charge < -0.3 is 4.74 Å². The molecule has 29 heavy (non-hydrogen) atoms. The lowest BCUT2D eigenvalue weighted by molar-refractivity contribution is -0.496. The summed E-state index contributed by atoms with van der Waals surface area (Å²) in [5, 5.41) is 6.33. The zero-order valence-electron chi connectivity index (χ0n) is 16.2. The minimum absolute atomic E-state index is 0.0950. The van der Waals surface area contributed by atoms with Crippen molar-refractivity contribution in [3.05, 3.63) is 30.3 Å². The summed E-state index contributed by atoms with van der Waals surface area (Å²) in [7, 11) is -2.22. The molecule has 0 bridgehead atoms. The Kier molecular flexibility index (Phi) is 4.81. The van der Waals surface area contributed by atoms with Gasteiger partial charge >= 0.3 is 22.6 Å². The fourth-order valence-corrected chi connectivity index (χ4v) is 5.72. The lowest BCUT2D eigenvalue weighted by Gasteiger charge is -2.33. The maximum atomic E-state index is 12.9. The molecule has 10 heteroatoms. The van der Waals surface area contributed by atoms with Gasteiger partial charge in [-0.3, -0.25) is 4.79 Å². The lowest BCUT2D eigenvalue weighted by atomic mass is 9.97. The first-order valence-electron chi connectivity index (χ1n) is 9.45. The molecule has 152 valence electrons. The summed E-state index contributed by atoms with van der Waals surface area (Å²) in [5.41, 5.74) is 1.29. The number of hydrazone groups is 2. The second-order valence-corrected chi connectivity index (χ2v) is 9.36. The number of esters is 1. The van der Waals surface area contributed by atoms with Crippen LogP contribution in [-0.2, 0) is 24.2 Å². The molecule has 2 unspecified atom stereocenters. The topological polar surface area (TPSA) is 110 Å². The van der Waals surface area contributed by atoms with Gasteiger partial charge in [0.15, 0.2) is 7.05 Å². The van der Waals surface area contributed by atoms with Crippen molar-refractivity contribution in [2.75, 3.05) is 12.1 Å². The molecular weight excluding hydrogens is 396 g/mol. The van der Waals surface area contributed by atoms with Gasteiger partial charge in [0, 0.05) is 12.0 Å². The van der Waals surface area contributed by atoms with Gasteiger partial charge in [0.25, 0.3) is 5.71 Å². The van der Waals surface area contributed by atoms with E-state index >= 15 is 0 Å². The maximum Gasteiger partial charge on any atom is 0.386 e. The van der Waals surface area contributed by atoms with E-state index in [1.165, 1.54) is 5.01 Å². The summed E-state index contributed by atoms with van der Waals surface area (Å²) in [5.74, 6) is -1.38. The number of hydrazine groups is 1. The van der Waals surface area contributed by atoms with E-state index in [0.29, 0.717) is 24.2 Å². The number of hydrogen-bond donors (Lipinski definition) is 1. The second-order valence-electron chi connectivity index (χ2n) is 7.28. The summed E-state index contributed by atoms with van der Waals surface area (Å²) < 4.78 is 32.7. The van der Waals surface area contributed by atoms with Crippen molar-refractivity contribution in [1.82, 2.24) is 0 Å². The Bertz CT molecular complexity index is 1080. The molecule has 2 aliphatic heterocycles. The summed E-state index contributed by atoms with van der Waals surface area (Å²) in [6.07, 6.45) is 1.95. The Morgan fingerprint density at radius 1 is 1.17 bits per heavy atom. The van der Waals surface area contributed by atoms with Gasteiger partial charge in [-0.05, 0) is 31.4 Å². The molecule has 1 saturated heterocycles. The first-order valence-corrected chi connectivity index (χ1v) is 11.0. The zero-order chi connectivity index (χ0) is 20.8. The monoisotopic (exact) mass is 418 g/mol.